The lowest BCUT2D eigenvalue weighted by molar-refractivity contribution is 0.339. The van der Waals surface area contributed by atoms with Gasteiger partial charge in [-0.25, -0.2) is 0 Å². The summed E-state index contributed by atoms with van der Waals surface area (Å²) < 4.78 is 32.2. The van der Waals surface area contributed by atoms with Crippen LogP contribution >= 0.6 is 0 Å². The SMILES string of the molecule is CCCCN(CCCCCCN)S(=O)(=O)O. The lowest BCUT2D eigenvalue weighted by atomic mass is 10.2. The van der Waals surface area contributed by atoms with E-state index in [1.165, 1.54) is 0 Å². The number of nitrogens with two attached hydrogens (primary N) is 1. The average molecular weight is 252 g/mol. The quantitative estimate of drug-likeness (QED) is 0.455. The van der Waals surface area contributed by atoms with Gasteiger partial charge in [0.1, 0.15) is 0 Å². The van der Waals surface area contributed by atoms with Crippen molar-refractivity contribution in [3.8, 4) is 0 Å². The Hall–Kier alpha value is -0.170. The molecule has 0 atom stereocenters. The second-order valence-corrected chi connectivity index (χ2v) is 5.35. The molecular weight excluding hydrogens is 228 g/mol. The second-order valence-electron chi connectivity index (χ2n) is 3.93. The Kier molecular flexibility index (Phi) is 8.83. The monoisotopic (exact) mass is 252 g/mol. The van der Waals surface area contributed by atoms with Crippen LogP contribution in [0.3, 0.4) is 0 Å². The van der Waals surface area contributed by atoms with E-state index in [0.717, 1.165) is 42.8 Å². The van der Waals surface area contributed by atoms with E-state index in [-0.39, 0.29) is 0 Å². The summed E-state index contributed by atoms with van der Waals surface area (Å²) in [5, 5.41) is 0. The van der Waals surface area contributed by atoms with Crippen LogP contribution in [-0.2, 0) is 10.3 Å². The summed E-state index contributed by atoms with van der Waals surface area (Å²) in [5.74, 6) is 0. The zero-order chi connectivity index (χ0) is 12.4. The lowest BCUT2D eigenvalue weighted by Gasteiger charge is -2.17. The van der Waals surface area contributed by atoms with Crippen molar-refractivity contribution in [2.75, 3.05) is 19.6 Å². The number of unbranched alkanes of at least 4 members (excludes halogenated alkanes) is 4. The van der Waals surface area contributed by atoms with Gasteiger partial charge in [0, 0.05) is 13.1 Å². The molecule has 0 aromatic carbocycles. The minimum atomic E-state index is -4.02. The van der Waals surface area contributed by atoms with Crippen molar-refractivity contribution in [2.45, 2.75) is 45.4 Å². The molecule has 0 aliphatic heterocycles. The summed E-state index contributed by atoms with van der Waals surface area (Å²) >= 11 is 0. The first-order valence-corrected chi connectivity index (χ1v) is 7.34. The highest BCUT2D eigenvalue weighted by Gasteiger charge is 2.16. The van der Waals surface area contributed by atoms with Crippen molar-refractivity contribution in [2.24, 2.45) is 5.73 Å². The Bertz CT molecular complexity index is 255. The van der Waals surface area contributed by atoms with Crippen molar-refractivity contribution in [3.05, 3.63) is 0 Å². The molecule has 0 aromatic rings. The maximum atomic E-state index is 11.0. The third kappa shape index (κ3) is 8.04. The summed E-state index contributed by atoms with van der Waals surface area (Å²) in [4.78, 5) is 0. The molecule has 0 heterocycles. The van der Waals surface area contributed by atoms with Gasteiger partial charge in [0.2, 0.25) is 0 Å². The molecule has 16 heavy (non-hydrogen) atoms. The third-order valence-electron chi connectivity index (χ3n) is 2.45. The molecule has 0 spiro atoms. The minimum absolute atomic E-state index is 0.406. The highest BCUT2D eigenvalue weighted by molar-refractivity contribution is 7.83. The first-order valence-electron chi connectivity index (χ1n) is 5.95. The van der Waals surface area contributed by atoms with E-state index in [9.17, 15) is 8.42 Å². The molecule has 0 bridgehead atoms. The van der Waals surface area contributed by atoms with Crippen LogP contribution < -0.4 is 5.73 Å². The van der Waals surface area contributed by atoms with Gasteiger partial charge in [-0.15, -0.1) is 0 Å². The standard InChI is InChI=1S/C10H24N2O3S/c1-2-3-9-12(16(13,14)15)10-7-5-4-6-8-11/h2-11H2,1H3,(H,13,14,15). The zero-order valence-corrected chi connectivity index (χ0v) is 10.9. The normalized spacial score (nSPS) is 12.2. The van der Waals surface area contributed by atoms with Gasteiger partial charge in [-0.3, -0.25) is 4.55 Å². The molecule has 0 aliphatic rings. The molecule has 0 aliphatic carbocycles. The van der Waals surface area contributed by atoms with Gasteiger partial charge in [-0.2, -0.15) is 12.7 Å². The molecule has 0 saturated carbocycles. The Morgan fingerprint density at radius 2 is 1.62 bits per heavy atom. The molecule has 0 saturated heterocycles. The van der Waals surface area contributed by atoms with E-state index in [1.807, 2.05) is 6.92 Å². The predicted octanol–water partition coefficient (Wildman–Crippen LogP) is 1.41. The van der Waals surface area contributed by atoms with Crippen molar-refractivity contribution < 1.29 is 13.0 Å². The molecule has 5 nitrogen and oxygen atoms in total. The van der Waals surface area contributed by atoms with Crippen molar-refractivity contribution in [3.63, 3.8) is 0 Å². The second kappa shape index (κ2) is 8.92. The molecule has 0 radical (unpaired) electrons. The highest BCUT2D eigenvalue weighted by atomic mass is 32.2. The molecule has 0 amide bonds. The van der Waals surface area contributed by atoms with Crippen LogP contribution in [0.4, 0.5) is 0 Å². The Balaban J connectivity index is 3.84. The van der Waals surface area contributed by atoms with E-state index in [2.05, 4.69) is 0 Å². The van der Waals surface area contributed by atoms with Crippen molar-refractivity contribution in [1.82, 2.24) is 4.31 Å². The van der Waals surface area contributed by atoms with Gasteiger partial charge in [0.15, 0.2) is 0 Å². The van der Waals surface area contributed by atoms with Gasteiger partial charge in [-0.05, 0) is 25.8 Å². The van der Waals surface area contributed by atoms with E-state index >= 15 is 0 Å². The van der Waals surface area contributed by atoms with Gasteiger partial charge in [0.25, 0.3) is 0 Å². The number of nitrogens with zero attached hydrogens (tertiary/aromatic N) is 1. The van der Waals surface area contributed by atoms with Crippen LogP contribution in [0.25, 0.3) is 0 Å². The maximum Gasteiger partial charge on any atom is 0.335 e. The summed E-state index contributed by atoms with van der Waals surface area (Å²) in [6.07, 6.45) is 5.42. The van der Waals surface area contributed by atoms with Crippen LogP contribution in [0.15, 0.2) is 0 Å². The smallest absolute Gasteiger partial charge is 0.330 e. The van der Waals surface area contributed by atoms with E-state index < -0.39 is 10.3 Å². The molecule has 0 rings (SSSR count). The lowest BCUT2D eigenvalue weighted by Crippen LogP contribution is -2.32. The van der Waals surface area contributed by atoms with E-state index in [4.69, 9.17) is 10.3 Å². The van der Waals surface area contributed by atoms with Gasteiger partial charge in [0.05, 0.1) is 0 Å². The summed E-state index contributed by atoms with van der Waals surface area (Å²) in [6.45, 7) is 3.48. The van der Waals surface area contributed by atoms with E-state index in [0.29, 0.717) is 19.6 Å². The fourth-order valence-corrected chi connectivity index (χ4v) is 2.18. The molecule has 0 aromatic heterocycles. The topological polar surface area (TPSA) is 83.6 Å². The van der Waals surface area contributed by atoms with Gasteiger partial charge in [-0.1, -0.05) is 26.2 Å². The molecule has 0 unspecified atom stereocenters. The van der Waals surface area contributed by atoms with Gasteiger partial charge < -0.3 is 5.73 Å². The van der Waals surface area contributed by atoms with Crippen LogP contribution in [0.2, 0.25) is 0 Å². The summed E-state index contributed by atoms with van der Waals surface area (Å²) in [7, 11) is -4.02. The number of hydrogen-bond acceptors (Lipinski definition) is 3. The third-order valence-corrected chi connectivity index (χ3v) is 3.47. The van der Waals surface area contributed by atoms with E-state index in [1.54, 1.807) is 0 Å². The Morgan fingerprint density at radius 1 is 1.06 bits per heavy atom. The molecule has 0 fully saturated rings. The van der Waals surface area contributed by atoms with Crippen LogP contribution in [-0.4, -0.2) is 36.9 Å². The number of rotatable bonds is 10. The zero-order valence-electron chi connectivity index (χ0n) is 10.1. The van der Waals surface area contributed by atoms with Crippen molar-refractivity contribution in [1.29, 1.82) is 0 Å². The minimum Gasteiger partial charge on any atom is -0.330 e. The van der Waals surface area contributed by atoms with Gasteiger partial charge >= 0.3 is 10.3 Å². The molecule has 98 valence electrons. The van der Waals surface area contributed by atoms with Crippen LogP contribution in [0.1, 0.15) is 45.4 Å². The highest BCUT2D eigenvalue weighted by Crippen LogP contribution is 2.06. The molecule has 6 heteroatoms. The largest absolute Gasteiger partial charge is 0.335 e. The average Bonchev–Trinajstić information content (AvgIpc) is 2.20. The summed E-state index contributed by atoms with van der Waals surface area (Å²) in [5.41, 5.74) is 5.36. The number of hydrogen-bond donors (Lipinski definition) is 2. The van der Waals surface area contributed by atoms with Crippen LogP contribution in [0, 0.1) is 0 Å². The summed E-state index contributed by atoms with van der Waals surface area (Å²) in [6, 6.07) is 0. The van der Waals surface area contributed by atoms with Crippen molar-refractivity contribution >= 4 is 10.3 Å². The fraction of sp³-hybridized carbons (Fsp3) is 1.00. The first kappa shape index (κ1) is 15.8. The van der Waals surface area contributed by atoms with Crippen LogP contribution in [0.5, 0.6) is 0 Å². The molecule has 3 N–H and O–H groups in total. The first-order chi connectivity index (χ1) is 7.52. The molecular formula is C10H24N2O3S. The fourth-order valence-electron chi connectivity index (χ4n) is 1.46. The maximum absolute atomic E-state index is 11.0. The Morgan fingerprint density at radius 3 is 2.12 bits per heavy atom. The Labute approximate surface area is 98.9 Å². The predicted molar refractivity (Wildman–Crippen MR) is 65.6 cm³/mol.